The molecule has 4 aromatic heterocycles. The lowest BCUT2D eigenvalue weighted by molar-refractivity contribution is -0.138. The minimum Gasteiger partial charge on any atom is -0.493 e. The summed E-state index contributed by atoms with van der Waals surface area (Å²) in [6, 6.07) is 26.4. The Morgan fingerprint density at radius 2 is 0.940 bits per heavy atom. The molecule has 0 amide bonds. The molecule has 19 nitrogen and oxygen atoms in total. The monoisotopic (exact) mass is 1130 g/mol. The van der Waals surface area contributed by atoms with Gasteiger partial charge in [-0.3, -0.25) is 19.2 Å². The molecule has 19 heteroatoms. The number of nitrogens with one attached hydrogen (secondary N) is 2. The topological polar surface area (TPSA) is 271 Å². The normalized spacial score (nSPS) is 11.6. The van der Waals surface area contributed by atoms with Crippen LogP contribution >= 0.6 is 0 Å². The number of H-pyrrole nitrogens is 2. The lowest BCUT2D eigenvalue weighted by atomic mass is 10.0. The summed E-state index contributed by atoms with van der Waals surface area (Å²) in [5.74, 6) is -1.48. The predicted octanol–water partition coefficient (Wildman–Crippen LogP) is 12.8. The second kappa shape index (κ2) is 28.2. The number of carbonyl (C=O) groups is 4. The molecule has 83 heavy (non-hydrogen) atoms. The lowest BCUT2D eigenvalue weighted by Gasteiger charge is -2.17. The standard InChI is InChI=1S/C64H66N6O13/c1-41-20-21-42(38-55(41)83-33-5-3-2-4-31-70-32-30-65-40-70)60-45-26-28-49(68-45)61(63-51(79-34-8-16-56(71)72)12-6-13-52(63)80-35-9-17-57(73)74)47-24-22-43(66-47)39-44-23-25-48(67-44)62(50-29-27-46(60)69-50)64-53(81-36-10-18-58(75)76)14-7-15-54(64)82-37-11-19-59(77)78/h6-7,12-15,20-30,32,38-40,66,69H,2-5,8-11,16-19,31,33-37H2,1H3,(H,71,72)(H,73,74)(H,75,76)(H,77,78). The molecule has 8 bridgehead atoms. The summed E-state index contributed by atoms with van der Waals surface area (Å²) < 4.78 is 34.3. The summed E-state index contributed by atoms with van der Waals surface area (Å²) in [6.07, 6.45) is 17.7. The maximum atomic E-state index is 11.6. The number of unbranched alkanes of at least 4 members (excludes halogenated alkanes) is 3. The summed E-state index contributed by atoms with van der Waals surface area (Å²) in [7, 11) is 0. The molecule has 0 aliphatic carbocycles. The Kier molecular flexibility index (Phi) is 19.7. The molecule has 6 N–H and O–H groups in total. The van der Waals surface area contributed by atoms with Gasteiger partial charge in [0.25, 0.3) is 0 Å². The fourth-order valence-corrected chi connectivity index (χ4v) is 9.85. The number of carboxylic acid groups (broad SMARTS) is 4. The van der Waals surface area contributed by atoms with Crippen LogP contribution < -0.4 is 23.7 Å². The van der Waals surface area contributed by atoms with Gasteiger partial charge in [0, 0.05) is 83.4 Å². The van der Waals surface area contributed by atoms with Crippen molar-refractivity contribution in [3.8, 4) is 62.1 Å². The third kappa shape index (κ3) is 15.4. The maximum Gasteiger partial charge on any atom is 0.303 e. The quantitative estimate of drug-likeness (QED) is 0.0220. The van der Waals surface area contributed by atoms with Gasteiger partial charge in [-0.1, -0.05) is 37.1 Å². The second-order valence-electron chi connectivity index (χ2n) is 20.0. The average Bonchev–Trinajstić information content (AvgIpc) is 4.21. The van der Waals surface area contributed by atoms with Crippen molar-refractivity contribution in [2.75, 3.05) is 33.0 Å². The number of fused-ring (bicyclic) bond motifs is 8. The number of benzene rings is 3. The van der Waals surface area contributed by atoms with Gasteiger partial charge >= 0.3 is 23.9 Å². The highest BCUT2D eigenvalue weighted by Crippen LogP contribution is 2.46. The number of hydrogen-bond donors (Lipinski definition) is 6. The van der Waals surface area contributed by atoms with Crippen molar-refractivity contribution in [1.29, 1.82) is 0 Å². The molecule has 0 saturated heterocycles. The molecular weight excluding hydrogens is 1060 g/mol. The number of carboxylic acids is 4. The van der Waals surface area contributed by atoms with Gasteiger partial charge in [0.05, 0.1) is 73.3 Å². The van der Waals surface area contributed by atoms with E-state index in [0.717, 1.165) is 43.4 Å². The molecule has 2 aliphatic heterocycles. The minimum atomic E-state index is -0.949. The molecule has 0 atom stereocenters. The van der Waals surface area contributed by atoms with Crippen LogP contribution in [0.3, 0.4) is 0 Å². The molecular formula is C64H66N6O13. The van der Waals surface area contributed by atoms with E-state index in [1.54, 1.807) is 42.6 Å². The number of hydrogen-bond acceptors (Lipinski definition) is 12. The third-order valence-electron chi connectivity index (χ3n) is 13.8. The van der Waals surface area contributed by atoms with Crippen LogP contribution in [-0.2, 0) is 25.7 Å². The predicted molar refractivity (Wildman–Crippen MR) is 316 cm³/mol. The van der Waals surface area contributed by atoms with Gasteiger partial charge in [-0.25, -0.2) is 15.0 Å². The van der Waals surface area contributed by atoms with Crippen LogP contribution in [0.1, 0.15) is 105 Å². The van der Waals surface area contributed by atoms with E-state index in [2.05, 4.69) is 19.5 Å². The SMILES string of the molecule is Cc1ccc(-c2c3nc(c(-c4c(OCCCC(=O)O)cccc4OCCCC(=O)O)c4ccc(cc5nc(c(-c6c(OCCCC(=O)O)cccc6OCCCC(=O)O)c6ccc2[nH]6)C=C5)[nH]4)C=C3)cc1OCCCCCCn1ccnc1. The van der Waals surface area contributed by atoms with Crippen molar-refractivity contribution in [1.82, 2.24) is 29.5 Å². The van der Waals surface area contributed by atoms with Crippen LogP contribution in [-0.4, -0.2) is 107 Å². The molecule has 0 radical (unpaired) electrons. The first-order valence-corrected chi connectivity index (χ1v) is 27.9. The van der Waals surface area contributed by atoms with E-state index < -0.39 is 23.9 Å². The Morgan fingerprint density at radius 3 is 1.48 bits per heavy atom. The van der Waals surface area contributed by atoms with E-state index >= 15 is 0 Å². The number of imidazole rings is 1. The average molecular weight is 1130 g/mol. The van der Waals surface area contributed by atoms with Crippen molar-refractivity contribution in [3.05, 3.63) is 132 Å². The highest BCUT2D eigenvalue weighted by molar-refractivity contribution is 6.00. The highest BCUT2D eigenvalue weighted by atomic mass is 16.5. The van der Waals surface area contributed by atoms with Crippen molar-refractivity contribution in [2.45, 2.75) is 90.5 Å². The van der Waals surface area contributed by atoms with Crippen molar-refractivity contribution in [3.63, 3.8) is 0 Å². The van der Waals surface area contributed by atoms with Crippen molar-refractivity contribution in [2.24, 2.45) is 0 Å². The fraction of sp³-hybridized carbons (Fsp3) is 0.297. The number of aromatic amines is 2. The molecule has 0 unspecified atom stereocenters. The van der Waals surface area contributed by atoms with Crippen LogP contribution in [0, 0.1) is 6.92 Å². The van der Waals surface area contributed by atoms with Crippen LogP contribution in [0.15, 0.2) is 104 Å². The van der Waals surface area contributed by atoms with Crippen molar-refractivity contribution < 1.29 is 63.3 Å². The van der Waals surface area contributed by atoms with E-state index in [0.29, 0.717) is 108 Å². The summed E-state index contributed by atoms with van der Waals surface area (Å²) in [5.41, 5.74) is 9.47. The van der Waals surface area contributed by atoms with E-state index in [4.69, 9.17) is 33.7 Å². The summed E-state index contributed by atoms with van der Waals surface area (Å²) >= 11 is 0. The molecule has 9 rings (SSSR count). The lowest BCUT2D eigenvalue weighted by Crippen LogP contribution is -2.06. The molecule has 0 saturated carbocycles. The molecule has 3 aromatic carbocycles. The second-order valence-corrected chi connectivity index (χ2v) is 20.0. The first-order chi connectivity index (χ1) is 40.4. The molecule has 0 fully saturated rings. The van der Waals surface area contributed by atoms with Crippen LogP contribution in [0.2, 0.25) is 0 Å². The van der Waals surface area contributed by atoms with Gasteiger partial charge in [0.1, 0.15) is 28.7 Å². The van der Waals surface area contributed by atoms with E-state index in [1.807, 2.05) is 92.3 Å². The number of aromatic nitrogens is 6. The zero-order valence-corrected chi connectivity index (χ0v) is 46.1. The Bertz CT molecular complexity index is 3520. The highest BCUT2D eigenvalue weighted by Gasteiger charge is 2.25. The number of aliphatic carboxylic acids is 4. The minimum absolute atomic E-state index is 0.0827. The largest absolute Gasteiger partial charge is 0.493 e. The zero-order valence-electron chi connectivity index (χ0n) is 46.1. The summed E-state index contributed by atoms with van der Waals surface area (Å²) in [6.45, 7) is 3.75. The Labute approximate surface area is 478 Å². The van der Waals surface area contributed by atoms with E-state index in [9.17, 15) is 39.6 Å². The first kappa shape index (κ1) is 58.0. The number of rotatable bonds is 31. The Balaban J connectivity index is 1.26. The summed E-state index contributed by atoms with van der Waals surface area (Å²) in [4.78, 5) is 68.5. The van der Waals surface area contributed by atoms with Gasteiger partial charge < -0.3 is 58.6 Å². The number of aryl methyl sites for hydroxylation is 2. The van der Waals surface area contributed by atoms with Crippen LogP contribution in [0.5, 0.6) is 28.7 Å². The van der Waals surface area contributed by atoms with Gasteiger partial charge in [0.15, 0.2) is 0 Å². The molecule has 430 valence electrons. The summed E-state index contributed by atoms with van der Waals surface area (Å²) in [5, 5.41) is 37.9. The van der Waals surface area contributed by atoms with E-state index in [1.165, 1.54) is 0 Å². The molecule has 6 heterocycles. The van der Waals surface area contributed by atoms with E-state index in [-0.39, 0.29) is 77.8 Å². The van der Waals surface area contributed by atoms with Gasteiger partial charge in [-0.2, -0.15) is 0 Å². The Morgan fingerprint density at radius 1 is 0.470 bits per heavy atom. The van der Waals surface area contributed by atoms with Gasteiger partial charge in [-0.15, -0.1) is 0 Å². The van der Waals surface area contributed by atoms with Gasteiger partial charge in [-0.05, 0) is 142 Å². The van der Waals surface area contributed by atoms with Crippen LogP contribution in [0.4, 0.5) is 0 Å². The molecule has 2 aliphatic rings. The number of ether oxygens (including phenoxy) is 5. The van der Waals surface area contributed by atoms with Crippen molar-refractivity contribution >= 4 is 70.2 Å². The first-order valence-electron chi connectivity index (χ1n) is 27.9. The van der Waals surface area contributed by atoms with Gasteiger partial charge in [0.2, 0.25) is 0 Å². The number of nitrogens with zero attached hydrogens (tertiary/aromatic N) is 4. The maximum absolute atomic E-state index is 11.6. The smallest absolute Gasteiger partial charge is 0.303 e. The van der Waals surface area contributed by atoms with Crippen LogP contribution in [0.25, 0.3) is 79.8 Å². The Hall–Kier alpha value is -9.65. The fourth-order valence-electron chi connectivity index (χ4n) is 9.85. The third-order valence-corrected chi connectivity index (χ3v) is 13.8. The molecule has 7 aromatic rings. The molecule has 0 spiro atoms. The zero-order chi connectivity index (χ0) is 58.1.